The average molecular weight is 342 g/mol. The van der Waals surface area contributed by atoms with Gasteiger partial charge in [0, 0.05) is 5.02 Å². The Balaban J connectivity index is 1.97. The van der Waals surface area contributed by atoms with Crippen LogP contribution in [-0.2, 0) is 4.79 Å². The molecule has 0 bridgehead atoms. The van der Waals surface area contributed by atoms with Crippen molar-refractivity contribution in [3.63, 3.8) is 0 Å². The van der Waals surface area contributed by atoms with Crippen molar-refractivity contribution in [3.05, 3.63) is 51.9 Å². The molecule has 2 atom stereocenters. The summed E-state index contributed by atoms with van der Waals surface area (Å²) in [4.78, 5) is 12.2. The Morgan fingerprint density at radius 2 is 1.95 bits per heavy atom. The van der Waals surface area contributed by atoms with Gasteiger partial charge in [-0.15, -0.1) is 0 Å². The van der Waals surface area contributed by atoms with E-state index in [9.17, 15) is 4.79 Å². The van der Waals surface area contributed by atoms with Crippen molar-refractivity contribution in [1.29, 1.82) is 0 Å². The van der Waals surface area contributed by atoms with Crippen molar-refractivity contribution in [2.24, 2.45) is 0 Å². The summed E-state index contributed by atoms with van der Waals surface area (Å²) in [5.74, 6) is 1.65. The molecule has 1 heterocycles. The zero-order chi connectivity index (χ0) is 16.3. The highest BCUT2D eigenvalue weighted by Crippen LogP contribution is 2.28. The number of ether oxygens (including phenoxy) is 1. The van der Waals surface area contributed by atoms with E-state index in [1.807, 2.05) is 26.0 Å². The minimum absolute atomic E-state index is 0.243. The molecule has 1 aromatic heterocycles. The first kappa shape index (κ1) is 16.7. The van der Waals surface area contributed by atoms with Crippen molar-refractivity contribution in [1.82, 2.24) is 5.32 Å². The lowest BCUT2D eigenvalue weighted by Crippen LogP contribution is -2.37. The number of hydrogen-bond acceptors (Lipinski definition) is 3. The second-order valence-electron chi connectivity index (χ2n) is 5.01. The quantitative estimate of drug-likeness (QED) is 0.868. The lowest BCUT2D eigenvalue weighted by atomic mass is 10.2. The first-order chi connectivity index (χ1) is 10.4. The smallest absolute Gasteiger partial charge is 0.261 e. The number of rotatable bonds is 5. The van der Waals surface area contributed by atoms with Crippen LogP contribution in [0.1, 0.15) is 31.4 Å². The number of benzene rings is 1. The van der Waals surface area contributed by atoms with Crippen molar-refractivity contribution in [3.8, 4) is 5.75 Å². The van der Waals surface area contributed by atoms with E-state index in [1.165, 1.54) is 0 Å². The highest BCUT2D eigenvalue weighted by molar-refractivity contribution is 6.35. The molecule has 4 nitrogen and oxygen atoms in total. The van der Waals surface area contributed by atoms with Crippen LogP contribution in [0.3, 0.4) is 0 Å². The van der Waals surface area contributed by atoms with Gasteiger partial charge < -0.3 is 14.5 Å². The Kier molecular flexibility index (Phi) is 5.37. The molecule has 1 aromatic carbocycles. The van der Waals surface area contributed by atoms with Crippen molar-refractivity contribution < 1.29 is 13.9 Å². The van der Waals surface area contributed by atoms with E-state index in [0.29, 0.717) is 21.6 Å². The summed E-state index contributed by atoms with van der Waals surface area (Å²) in [6, 6.07) is 8.30. The van der Waals surface area contributed by atoms with Crippen LogP contribution in [0.5, 0.6) is 5.75 Å². The molecular formula is C16H17Cl2NO3. The lowest BCUT2D eigenvalue weighted by molar-refractivity contribution is -0.128. The molecule has 0 spiro atoms. The zero-order valence-corrected chi connectivity index (χ0v) is 14.0. The van der Waals surface area contributed by atoms with Gasteiger partial charge in [-0.25, -0.2) is 0 Å². The summed E-state index contributed by atoms with van der Waals surface area (Å²) >= 11 is 11.9. The van der Waals surface area contributed by atoms with Crippen LogP contribution in [0, 0.1) is 6.92 Å². The maximum atomic E-state index is 12.2. The van der Waals surface area contributed by atoms with Gasteiger partial charge in [0.2, 0.25) is 0 Å². The van der Waals surface area contributed by atoms with Gasteiger partial charge in [0.1, 0.15) is 17.3 Å². The van der Waals surface area contributed by atoms with Crippen molar-refractivity contribution >= 4 is 29.1 Å². The molecule has 6 heteroatoms. The van der Waals surface area contributed by atoms with Gasteiger partial charge in [-0.3, -0.25) is 4.79 Å². The minimum atomic E-state index is -0.697. The maximum Gasteiger partial charge on any atom is 0.261 e. The molecule has 0 radical (unpaired) electrons. The lowest BCUT2D eigenvalue weighted by Gasteiger charge is -2.18. The minimum Gasteiger partial charge on any atom is -0.479 e. The number of nitrogens with one attached hydrogen (secondary N) is 1. The molecule has 0 aliphatic heterocycles. The Hall–Kier alpha value is -1.65. The topological polar surface area (TPSA) is 51.5 Å². The van der Waals surface area contributed by atoms with Gasteiger partial charge in [-0.1, -0.05) is 23.2 Å². The van der Waals surface area contributed by atoms with Crippen LogP contribution in [0.2, 0.25) is 10.0 Å². The van der Waals surface area contributed by atoms with Crippen LogP contribution < -0.4 is 10.1 Å². The monoisotopic (exact) mass is 341 g/mol. The van der Waals surface area contributed by atoms with Gasteiger partial charge in [0.05, 0.1) is 11.1 Å². The summed E-state index contributed by atoms with van der Waals surface area (Å²) in [6.45, 7) is 5.35. The zero-order valence-electron chi connectivity index (χ0n) is 12.5. The molecular weight excluding hydrogens is 325 g/mol. The van der Waals surface area contributed by atoms with E-state index < -0.39 is 6.10 Å². The van der Waals surface area contributed by atoms with Gasteiger partial charge in [-0.05, 0) is 51.1 Å². The molecule has 2 aromatic rings. The third-order valence-electron chi connectivity index (χ3n) is 3.11. The van der Waals surface area contributed by atoms with Gasteiger partial charge in [-0.2, -0.15) is 0 Å². The molecule has 118 valence electrons. The van der Waals surface area contributed by atoms with Gasteiger partial charge in [0.15, 0.2) is 6.10 Å². The molecule has 0 aliphatic carbocycles. The standard InChI is InChI=1S/C16H17Cl2NO3/c1-9-4-6-14(21-9)10(2)19-16(20)11(3)22-15-7-5-12(17)8-13(15)18/h4-8,10-11H,1-3H3,(H,19,20). The number of furan rings is 1. The number of aryl methyl sites for hydroxylation is 1. The fourth-order valence-electron chi connectivity index (χ4n) is 1.90. The summed E-state index contributed by atoms with van der Waals surface area (Å²) in [6.07, 6.45) is -0.697. The molecule has 0 fully saturated rings. The average Bonchev–Trinajstić information content (AvgIpc) is 2.88. The molecule has 1 amide bonds. The third-order valence-corrected chi connectivity index (χ3v) is 3.64. The Bertz CT molecular complexity index is 669. The van der Waals surface area contributed by atoms with Gasteiger partial charge in [0.25, 0.3) is 5.91 Å². The Labute approximate surface area is 139 Å². The van der Waals surface area contributed by atoms with Crippen LogP contribution in [0.25, 0.3) is 0 Å². The molecule has 2 rings (SSSR count). The summed E-state index contributed by atoms with van der Waals surface area (Å²) < 4.78 is 11.1. The highest BCUT2D eigenvalue weighted by Gasteiger charge is 2.20. The second kappa shape index (κ2) is 7.07. The fraction of sp³-hybridized carbons (Fsp3) is 0.312. The fourth-order valence-corrected chi connectivity index (χ4v) is 2.36. The van der Waals surface area contributed by atoms with E-state index in [4.69, 9.17) is 32.4 Å². The van der Waals surface area contributed by atoms with Crippen molar-refractivity contribution in [2.45, 2.75) is 32.9 Å². The molecule has 2 unspecified atom stereocenters. The predicted octanol–water partition coefficient (Wildman–Crippen LogP) is 4.54. The molecule has 0 saturated carbocycles. The van der Waals surface area contributed by atoms with E-state index >= 15 is 0 Å². The van der Waals surface area contributed by atoms with Crippen LogP contribution >= 0.6 is 23.2 Å². The SMILES string of the molecule is Cc1ccc(C(C)NC(=O)C(C)Oc2ccc(Cl)cc2Cl)o1. The number of halogens is 2. The van der Waals surface area contributed by atoms with Crippen LogP contribution in [-0.4, -0.2) is 12.0 Å². The maximum absolute atomic E-state index is 12.2. The number of amides is 1. The first-order valence-corrected chi connectivity index (χ1v) is 7.61. The molecule has 0 saturated heterocycles. The predicted molar refractivity (Wildman–Crippen MR) is 86.6 cm³/mol. The second-order valence-corrected chi connectivity index (χ2v) is 5.86. The summed E-state index contributed by atoms with van der Waals surface area (Å²) in [7, 11) is 0. The first-order valence-electron chi connectivity index (χ1n) is 6.85. The number of hydrogen-bond donors (Lipinski definition) is 1. The van der Waals surface area contributed by atoms with E-state index in [-0.39, 0.29) is 11.9 Å². The normalized spacial score (nSPS) is 13.5. The van der Waals surface area contributed by atoms with Crippen molar-refractivity contribution in [2.75, 3.05) is 0 Å². The summed E-state index contributed by atoms with van der Waals surface area (Å²) in [5.41, 5.74) is 0. The van der Waals surface area contributed by atoms with E-state index in [0.717, 1.165) is 5.76 Å². The highest BCUT2D eigenvalue weighted by atomic mass is 35.5. The molecule has 22 heavy (non-hydrogen) atoms. The number of carbonyl (C=O) groups is 1. The Morgan fingerprint density at radius 1 is 1.23 bits per heavy atom. The van der Waals surface area contributed by atoms with E-state index in [1.54, 1.807) is 25.1 Å². The van der Waals surface area contributed by atoms with Crippen LogP contribution in [0.4, 0.5) is 0 Å². The van der Waals surface area contributed by atoms with E-state index in [2.05, 4.69) is 5.32 Å². The molecule has 0 aliphatic rings. The van der Waals surface area contributed by atoms with Crippen LogP contribution in [0.15, 0.2) is 34.7 Å². The largest absolute Gasteiger partial charge is 0.479 e. The third kappa shape index (κ3) is 4.18. The number of carbonyl (C=O) groups excluding carboxylic acids is 1. The Morgan fingerprint density at radius 3 is 2.55 bits per heavy atom. The molecule has 1 N–H and O–H groups in total. The van der Waals surface area contributed by atoms with Gasteiger partial charge >= 0.3 is 0 Å². The summed E-state index contributed by atoms with van der Waals surface area (Å²) in [5, 5.41) is 3.71.